The van der Waals surface area contributed by atoms with Crippen LogP contribution in [0.1, 0.15) is 19.3 Å². The van der Waals surface area contributed by atoms with Crippen LogP contribution in [-0.2, 0) is 9.84 Å². The van der Waals surface area contributed by atoms with Crippen LogP contribution in [0, 0.1) is 0 Å². The number of hydrogen-bond acceptors (Lipinski definition) is 7. The van der Waals surface area contributed by atoms with E-state index < -0.39 is 9.84 Å². The molecule has 1 aliphatic rings. The maximum atomic E-state index is 11.7. The van der Waals surface area contributed by atoms with Crippen molar-refractivity contribution in [2.45, 2.75) is 36.3 Å². The lowest BCUT2D eigenvalue weighted by Crippen LogP contribution is -2.18. The molecule has 0 spiro atoms. The van der Waals surface area contributed by atoms with Gasteiger partial charge in [0.15, 0.2) is 15.7 Å². The average molecular weight is 399 g/mol. The number of phenols is 1. The van der Waals surface area contributed by atoms with Crippen molar-refractivity contribution in [2.24, 2.45) is 0 Å². The summed E-state index contributed by atoms with van der Waals surface area (Å²) < 4.78 is 23.4. The van der Waals surface area contributed by atoms with Gasteiger partial charge >= 0.3 is 0 Å². The zero-order valence-electron chi connectivity index (χ0n) is 15.3. The molecule has 28 heavy (non-hydrogen) atoms. The molecule has 0 bridgehead atoms. The molecule has 0 aliphatic heterocycles. The Morgan fingerprint density at radius 1 is 1.07 bits per heavy atom. The second-order valence-corrected chi connectivity index (χ2v) is 9.22. The second kappa shape index (κ2) is 7.03. The third kappa shape index (κ3) is 3.53. The molecule has 3 aromatic rings. The molecule has 1 heterocycles. The van der Waals surface area contributed by atoms with Crippen molar-refractivity contribution in [3.8, 4) is 17.0 Å². The van der Waals surface area contributed by atoms with Gasteiger partial charge in [-0.15, -0.1) is 10.2 Å². The Balaban J connectivity index is 1.78. The van der Waals surface area contributed by atoms with Gasteiger partial charge in [-0.2, -0.15) is 0 Å². The largest absolute Gasteiger partial charge is 0.507 e. The first kappa shape index (κ1) is 18.6. The van der Waals surface area contributed by atoms with Crippen molar-refractivity contribution in [1.82, 2.24) is 10.2 Å². The lowest BCUT2D eigenvalue weighted by molar-refractivity contribution is 0.182. The number of anilines is 1. The number of aromatic nitrogens is 2. The Morgan fingerprint density at radius 2 is 1.82 bits per heavy atom. The minimum Gasteiger partial charge on any atom is -0.507 e. The van der Waals surface area contributed by atoms with Gasteiger partial charge in [-0.05, 0) is 37.5 Å². The summed E-state index contributed by atoms with van der Waals surface area (Å²) in [7, 11) is -3.42. The molecular weight excluding hydrogens is 378 g/mol. The van der Waals surface area contributed by atoms with Crippen molar-refractivity contribution in [2.75, 3.05) is 11.6 Å². The Kier molecular flexibility index (Phi) is 4.68. The third-order valence-corrected chi connectivity index (χ3v) is 6.20. The molecule has 1 aliphatic carbocycles. The predicted octanol–water partition coefficient (Wildman–Crippen LogP) is 2.73. The highest BCUT2D eigenvalue weighted by Crippen LogP contribution is 2.36. The summed E-state index contributed by atoms with van der Waals surface area (Å²) in [6.45, 7) is 0. The van der Waals surface area contributed by atoms with Crippen LogP contribution in [0.3, 0.4) is 0 Å². The van der Waals surface area contributed by atoms with Gasteiger partial charge in [-0.25, -0.2) is 8.42 Å². The molecule has 0 amide bonds. The first-order valence-electron chi connectivity index (χ1n) is 9.06. The van der Waals surface area contributed by atoms with E-state index >= 15 is 0 Å². The molecule has 1 aromatic heterocycles. The summed E-state index contributed by atoms with van der Waals surface area (Å²) in [6, 6.07) is 11.9. The summed E-state index contributed by atoms with van der Waals surface area (Å²) in [6.07, 6.45) is 3.11. The van der Waals surface area contributed by atoms with Gasteiger partial charge < -0.3 is 15.5 Å². The van der Waals surface area contributed by atoms with E-state index in [9.17, 15) is 18.6 Å². The van der Waals surface area contributed by atoms with Crippen LogP contribution in [0.4, 0.5) is 5.82 Å². The molecule has 0 radical (unpaired) electrons. The molecule has 0 saturated heterocycles. The molecule has 1 saturated carbocycles. The van der Waals surface area contributed by atoms with Crippen LogP contribution in [0.5, 0.6) is 5.75 Å². The van der Waals surface area contributed by atoms with Gasteiger partial charge in [0.1, 0.15) is 11.4 Å². The normalized spacial score (nSPS) is 19.8. The number of sulfone groups is 1. The zero-order chi connectivity index (χ0) is 19.9. The number of benzene rings is 2. The van der Waals surface area contributed by atoms with Crippen LogP contribution >= 0.6 is 0 Å². The van der Waals surface area contributed by atoms with Gasteiger partial charge in [0.25, 0.3) is 0 Å². The predicted molar refractivity (Wildman–Crippen MR) is 107 cm³/mol. The van der Waals surface area contributed by atoms with Gasteiger partial charge in [-0.3, -0.25) is 0 Å². The van der Waals surface area contributed by atoms with E-state index in [4.69, 9.17) is 0 Å². The van der Waals surface area contributed by atoms with Crippen molar-refractivity contribution in [3.63, 3.8) is 0 Å². The number of nitrogens with zero attached hydrogens (tertiary/aromatic N) is 2. The van der Waals surface area contributed by atoms with E-state index in [-0.39, 0.29) is 22.8 Å². The van der Waals surface area contributed by atoms with Gasteiger partial charge in [0.2, 0.25) is 0 Å². The summed E-state index contributed by atoms with van der Waals surface area (Å²) >= 11 is 0. The average Bonchev–Trinajstić information content (AvgIpc) is 3.06. The highest BCUT2D eigenvalue weighted by Gasteiger charge is 2.24. The fourth-order valence-corrected chi connectivity index (χ4v) is 4.27. The van der Waals surface area contributed by atoms with Crippen LogP contribution in [-0.4, -0.2) is 47.2 Å². The summed E-state index contributed by atoms with van der Waals surface area (Å²) in [5.41, 5.74) is 0.893. The van der Waals surface area contributed by atoms with Crippen molar-refractivity contribution in [3.05, 3.63) is 42.5 Å². The van der Waals surface area contributed by atoms with Gasteiger partial charge in [0.05, 0.1) is 11.0 Å². The number of aliphatic hydroxyl groups is 1. The molecule has 0 unspecified atom stereocenters. The molecule has 146 valence electrons. The fraction of sp³-hybridized carbons (Fsp3) is 0.300. The lowest BCUT2D eigenvalue weighted by atomic mass is 10.0. The number of phenolic OH excluding ortho intramolecular Hbond substituents is 1. The first-order chi connectivity index (χ1) is 13.3. The molecule has 3 N–H and O–H groups in total. The highest BCUT2D eigenvalue weighted by atomic mass is 32.2. The topological polar surface area (TPSA) is 112 Å². The lowest BCUT2D eigenvalue weighted by Gasteiger charge is -2.16. The molecule has 1 fully saturated rings. The Morgan fingerprint density at radius 3 is 2.46 bits per heavy atom. The maximum absolute atomic E-state index is 11.7. The maximum Gasteiger partial charge on any atom is 0.175 e. The van der Waals surface area contributed by atoms with Crippen molar-refractivity contribution in [1.29, 1.82) is 0 Å². The zero-order valence-corrected chi connectivity index (χ0v) is 16.1. The van der Waals surface area contributed by atoms with E-state index in [1.54, 1.807) is 6.07 Å². The smallest absolute Gasteiger partial charge is 0.175 e. The third-order valence-electron chi connectivity index (χ3n) is 5.09. The SMILES string of the molecule is CS(=O)(=O)c1ccc(-c2nnc(N[C@@H]3CC[C@@H](O)C3)c3ccccc23)c(O)c1. The Hall–Kier alpha value is -2.71. The minimum absolute atomic E-state index is 0.0455. The van der Waals surface area contributed by atoms with E-state index in [1.165, 1.54) is 12.1 Å². The van der Waals surface area contributed by atoms with Crippen molar-refractivity contribution < 1.29 is 18.6 Å². The standard InChI is InChI=1S/C20H21N3O4S/c1-28(26,27)14-8-9-17(18(25)11-14)19-15-4-2-3-5-16(15)20(23-22-19)21-12-6-7-13(24)10-12/h2-5,8-9,11-13,24-25H,6-7,10H2,1H3,(H,21,23)/t12-,13-/m1/s1. The first-order valence-corrected chi connectivity index (χ1v) is 11.0. The van der Waals surface area contributed by atoms with E-state index in [1.807, 2.05) is 24.3 Å². The fourth-order valence-electron chi connectivity index (χ4n) is 3.63. The number of nitrogens with one attached hydrogen (secondary N) is 1. The quantitative estimate of drug-likeness (QED) is 0.618. The van der Waals surface area contributed by atoms with Crippen molar-refractivity contribution >= 4 is 26.4 Å². The van der Waals surface area contributed by atoms with Gasteiger partial charge in [0, 0.05) is 28.6 Å². The molecule has 2 atom stereocenters. The number of hydrogen-bond donors (Lipinski definition) is 3. The molecule has 8 heteroatoms. The Bertz CT molecular complexity index is 1150. The van der Waals surface area contributed by atoms with Crippen LogP contribution in [0.2, 0.25) is 0 Å². The molecule has 2 aromatic carbocycles. The number of aromatic hydroxyl groups is 1. The summed E-state index contributed by atoms with van der Waals surface area (Å²) in [5, 5.41) is 33.8. The number of fused-ring (bicyclic) bond motifs is 1. The van der Waals surface area contributed by atoms with Crippen LogP contribution in [0.25, 0.3) is 22.0 Å². The number of aliphatic hydroxyl groups excluding tert-OH is 1. The van der Waals surface area contributed by atoms with Gasteiger partial charge in [-0.1, -0.05) is 24.3 Å². The molecule has 4 rings (SSSR count). The van der Waals surface area contributed by atoms with Crippen LogP contribution < -0.4 is 5.32 Å². The molecular formula is C20H21N3O4S. The monoisotopic (exact) mass is 399 g/mol. The van der Waals surface area contributed by atoms with E-state index in [2.05, 4.69) is 15.5 Å². The summed E-state index contributed by atoms with van der Waals surface area (Å²) in [4.78, 5) is 0.0455. The minimum atomic E-state index is -3.42. The van der Waals surface area contributed by atoms with Crippen LogP contribution in [0.15, 0.2) is 47.4 Å². The number of rotatable bonds is 4. The summed E-state index contributed by atoms with van der Waals surface area (Å²) in [5.74, 6) is 0.465. The van der Waals surface area contributed by atoms with E-state index in [0.717, 1.165) is 29.9 Å². The highest BCUT2D eigenvalue weighted by molar-refractivity contribution is 7.90. The molecule has 7 nitrogen and oxygen atoms in total. The second-order valence-electron chi connectivity index (χ2n) is 7.20. The van der Waals surface area contributed by atoms with E-state index in [0.29, 0.717) is 23.5 Å². The Labute approximate surface area is 163 Å².